The molecule has 12 heavy (non-hydrogen) atoms. The maximum absolute atomic E-state index is 11.0. The van der Waals surface area contributed by atoms with Crippen molar-refractivity contribution < 1.29 is 4.79 Å². The lowest BCUT2D eigenvalue weighted by molar-refractivity contribution is -0.117. The third kappa shape index (κ3) is 1.83. The summed E-state index contributed by atoms with van der Waals surface area (Å²) in [6.45, 7) is 1.52. The second-order valence-corrected chi connectivity index (χ2v) is 2.41. The molecule has 0 radical (unpaired) electrons. The molecule has 0 aliphatic heterocycles. The summed E-state index contributed by atoms with van der Waals surface area (Å²) in [7, 11) is 1.72. The molecular weight excluding hydrogens is 152 g/mol. The molecule has 0 saturated carbocycles. The molecule has 3 nitrogen and oxygen atoms in total. The molecule has 0 aliphatic rings. The van der Waals surface area contributed by atoms with Gasteiger partial charge in [0.25, 0.3) is 0 Å². The van der Waals surface area contributed by atoms with E-state index in [1.54, 1.807) is 7.05 Å². The van der Waals surface area contributed by atoms with Gasteiger partial charge in [-0.2, -0.15) is 0 Å². The number of para-hydroxylation sites is 1. The standard InChI is InChI=1S/C9H12N2O/c1-8(12)11(10-2)9-6-4-3-5-7-9/h3-7,10H,1-2H3. The highest BCUT2D eigenvalue weighted by Crippen LogP contribution is 2.09. The van der Waals surface area contributed by atoms with Gasteiger partial charge in [0.15, 0.2) is 0 Å². The van der Waals surface area contributed by atoms with Gasteiger partial charge in [-0.25, -0.2) is 10.4 Å². The van der Waals surface area contributed by atoms with Crippen LogP contribution < -0.4 is 10.4 Å². The molecule has 0 saturated heterocycles. The number of carbonyl (C=O) groups is 1. The Morgan fingerprint density at radius 2 is 1.92 bits per heavy atom. The number of carbonyl (C=O) groups excluding carboxylic acids is 1. The van der Waals surface area contributed by atoms with Crippen LogP contribution >= 0.6 is 0 Å². The molecule has 0 heterocycles. The molecule has 0 aromatic heterocycles. The molecule has 3 heteroatoms. The third-order valence-corrected chi connectivity index (χ3v) is 1.55. The Labute approximate surface area is 72.0 Å². The molecule has 0 aliphatic carbocycles. The van der Waals surface area contributed by atoms with Gasteiger partial charge in [0.2, 0.25) is 5.91 Å². The Morgan fingerprint density at radius 3 is 2.33 bits per heavy atom. The van der Waals surface area contributed by atoms with E-state index in [-0.39, 0.29) is 5.91 Å². The zero-order valence-corrected chi connectivity index (χ0v) is 7.24. The summed E-state index contributed by atoms with van der Waals surface area (Å²) >= 11 is 0. The molecule has 0 fully saturated rings. The average Bonchev–Trinajstić information content (AvgIpc) is 2.07. The summed E-state index contributed by atoms with van der Waals surface area (Å²) in [6, 6.07) is 9.44. The van der Waals surface area contributed by atoms with Crippen LogP contribution in [0.3, 0.4) is 0 Å². The number of hydrazine groups is 1. The predicted molar refractivity (Wildman–Crippen MR) is 48.7 cm³/mol. The number of hydrogen-bond donors (Lipinski definition) is 1. The molecule has 1 rings (SSSR count). The average molecular weight is 164 g/mol. The van der Waals surface area contributed by atoms with Crippen molar-refractivity contribution in [3.63, 3.8) is 0 Å². The number of benzene rings is 1. The van der Waals surface area contributed by atoms with Gasteiger partial charge in [0.05, 0.1) is 5.69 Å². The smallest absolute Gasteiger partial charge is 0.238 e. The summed E-state index contributed by atoms with van der Waals surface area (Å²) < 4.78 is 0. The molecular formula is C9H12N2O. The van der Waals surface area contributed by atoms with Gasteiger partial charge in [-0.05, 0) is 12.1 Å². The first-order chi connectivity index (χ1) is 5.75. The van der Waals surface area contributed by atoms with Crippen LogP contribution in [0.25, 0.3) is 0 Å². The summed E-state index contributed by atoms with van der Waals surface area (Å²) in [5.41, 5.74) is 3.66. The molecule has 64 valence electrons. The minimum absolute atomic E-state index is 0.0244. The largest absolute Gasteiger partial charge is 0.273 e. The first kappa shape index (κ1) is 8.74. The fourth-order valence-electron chi connectivity index (χ4n) is 1.05. The summed E-state index contributed by atoms with van der Waals surface area (Å²) in [5, 5.41) is 1.49. The van der Waals surface area contributed by atoms with Gasteiger partial charge in [-0.15, -0.1) is 0 Å². The number of hydrogen-bond acceptors (Lipinski definition) is 2. The van der Waals surface area contributed by atoms with Crippen molar-refractivity contribution in [3.8, 4) is 0 Å². The first-order valence-electron chi connectivity index (χ1n) is 3.79. The number of nitrogens with zero attached hydrogens (tertiary/aromatic N) is 1. The van der Waals surface area contributed by atoms with Crippen LogP contribution in [-0.4, -0.2) is 13.0 Å². The predicted octanol–water partition coefficient (Wildman–Crippen LogP) is 1.17. The van der Waals surface area contributed by atoms with Gasteiger partial charge in [0, 0.05) is 14.0 Å². The van der Waals surface area contributed by atoms with Crippen LogP contribution in [0, 0.1) is 0 Å². The van der Waals surface area contributed by atoms with Gasteiger partial charge in [0.1, 0.15) is 0 Å². The quantitative estimate of drug-likeness (QED) is 0.665. The van der Waals surface area contributed by atoms with Gasteiger partial charge >= 0.3 is 0 Å². The number of nitrogens with one attached hydrogen (secondary N) is 1. The van der Waals surface area contributed by atoms with E-state index < -0.39 is 0 Å². The van der Waals surface area contributed by atoms with Crippen LogP contribution in [0.1, 0.15) is 6.92 Å². The van der Waals surface area contributed by atoms with Crippen molar-refractivity contribution in [2.75, 3.05) is 12.1 Å². The highest BCUT2D eigenvalue weighted by atomic mass is 16.2. The van der Waals surface area contributed by atoms with Crippen LogP contribution in [0.5, 0.6) is 0 Å². The number of anilines is 1. The van der Waals surface area contributed by atoms with E-state index in [0.717, 1.165) is 5.69 Å². The highest BCUT2D eigenvalue weighted by molar-refractivity contribution is 5.90. The Balaban J connectivity index is 2.88. The van der Waals surface area contributed by atoms with Crippen LogP contribution in [0.4, 0.5) is 5.69 Å². The molecule has 1 aromatic carbocycles. The van der Waals surface area contributed by atoms with E-state index >= 15 is 0 Å². The summed E-state index contributed by atoms with van der Waals surface area (Å²) in [6.07, 6.45) is 0. The zero-order chi connectivity index (χ0) is 8.97. The molecule has 1 amide bonds. The topological polar surface area (TPSA) is 32.3 Å². The summed E-state index contributed by atoms with van der Waals surface area (Å²) in [5.74, 6) is -0.0244. The SMILES string of the molecule is CNN(C(C)=O)c1ccccc1. The minimum atomic E-state index is -0.0244. The van der Waals surface area contributed by atoms with E-state index in [1.807, 2.05) is 30.3 Å². The third-order valence-electron chi connectivity index (χ3n) is 1.55. The lowest BCUT2D eigenvalue weighted by atomic mass is 10.3. The minimum Gasteiger partial charge on any atom is -0.273 e. The fourth-order valence-corrected chi connectivity index (χ4v) is 1.05. The van der Waals surface area contributed by atoms with E-state index in [0.29, 0.717) is 0 Å². The maximum Gasteiger partial charge on any atom is 0.238 e. The monoisotopic (exact) mass is 164 g/mol. The van der Waals surface area contributed by atoms with Crippen molar-refractivity contribution in [1.82, 2.24) is 5.43 Å². The number of amides is 1. The Bertz CT molecular complexity index is 258. The Hall–Kier alpha value is -1.35. The maximum atomic E-state index is 11.0. The van der Waals surface area contributed by atoms with Gasteiger partial charge in [-0.1, -0.05) is 18.2 Å². The Kier molecular flexibility index (Phi) is 2.82. The van der Waals surface area contributed by atoms with Crippen molar-refractivity contribution >= 4 is 11.6 Å². The molecule has 0 atom stereocenters. The fraction of sp³-hybridized carbons (Fsp3) is 0.222. The van der Waals surface area contributed by atoms with E-state index in [1.165, 1.54) is 11.9 Å². The van der Waals surface area contributed by atoms with Gasteiger partial charge in [-0.3, -0.25) is 4.79 Å². The summed E-state index contributed by atoms with van der Waals surface area (Å²) in [4.78, 5) is 11.0. The van der Waals surface area contributed by atoms with E-state index in [2.05, 4.69) is 5.43 Å². The van der Waals surface area contributed by atoms with Crippen molar-refractivity contribution in [1.29, 1.82) is 0 Å². The normalized spacial score (nSPS) is 9.50. The van der Waals surface area contributed by atoms with Crippen LogP contribution in [0.2, 0.25) is 0 Å². The van der Waals surface area contributed by atoms with Crippen molar-refractivity contribution in [2.24, 2.45) is 0 Å². The molecule has 0 spiro atoms. The number of rotatable bonds is 2. The van der Waals surface area contributed by atoms with E-state index in [4.69, 9.17) is 0 Å². The Morgan fingerprint density at radius 1 is 1.33 bits per heavy atom. The molecule has 1 N–H and O–H groups in total. The molecule has 0 unspecified atom stereocenters. The molecule has 0 bridgehead atoms. The van der Waals surface area contributed by atoms with Gasteiger partial charge < -0.3 is 0 Å². The van der Waals surface area contributed by atoms with Crippen LogP contribution in [-0.2, 0) is 4.79 Å². The van der Waals surface area contributed by atoms with E-state index in [9.17, 15) is 4.79 Å². The lowest BCUT2D eigenvalue weighted by Crippen LogP contribution is -2.38. The zero-order valence-electron chi connectivity index (χ0n) is 7.24. The highest BCUT2D eigenvalue weighted by Gasteiger charge is 2.06. The first-order valence-corrected chi connectivity index (χ1v) is 3.79. The second-order valence-electron chi connectivity index (χ2n) is 2.41. The lowest BCUT2D eigenvalue weighted by Gasteiger charge is -2.18. The van der Waals surface area contributed by atoms with Crippen molar-refractivity contribution in [3.05, 3.63) is 30.3 Å². The molecule has 1 aromatic rings. The van der Waals surface area contributed by atoms with Crippen molar-refractivity contribution in [2.45, 2.75) is 6.92 Å². The second kappa shape index (κ2) is 3.88. The van der Waals surface area contributed by atoms with Crippen LogP contribution in [0.15, 0.2) is 30.3 Å².